The average molecular weight is 345 g/mol. The van der Waals surface area contributed by atoms with E-state index in [0.29, 0.717) is 23.6 Å². The average Bonchev–Trinajstić information content (AvgIpc) is 3.08. The van der Waals surface area contributed by atoms with Gasteiger partial charge in [0.15, 0.2) is 0 Å². The minimum atomic E-state index is -0.113. The number of carbonyl (C=O) groups is 2. The number of nitrogens with zero attached hydrogens (tertiary/aromatic N) is 1. The summed E-state index contributed by atoms with van der Waals surface area (Å²) in [7, 11) is 0. The summed E-state index contributed by atoms with van der Waals surface area (Å²) in [6.45, 7) is 6.21. The fourth-order valence-electron chi connectivity index (χ4n) is 3.59. The van der Waals surface area contributed by atoms with E-state index in [1.807, 2.05) is 4.90 Å². The molecule has 5 heteroatoms. The van der Waals surface area contributed by atoms with Crippen molar-refractivity contribution in [1.29, 1.82) is 0 Å². The summed E-state index contributed by atoms with van der Waals surface area (Å²) >= 11 is 0. The predicted molar refractivity (Wildman–Crippen MR) is 101 cm³/mol. The maximum atomic E-state index is 12.7. The molecule has 2 atom stereocenters. The van der Waals surface area contributed by atoms with Crippen LogP contribution in [0.4, 0.5) is 0 Å². The van der Waals surface area contributed by atoms with E-state index >= 15 is 0 Å². The summed E-state index contributed by atoms with van der Waals surface area (Å²) in [5.41, 5.74) is 6.91. The lowest BCUT2D eigenvalue weighted by Crippen LogP contribution is -2.40. The molecule has 2 unspecified atom stereocenters. The molecule has 2 amide bonds. The maximum Gasteiger partial charge on any atom is 0.253 e. The summed E-state index contributed by atoms with van der Waals surface area (Å²) in [6, 6.07) is 7.20. The molecule has 1 aliphatic rings. The number of hydrogen-bond donors (Lipinski definition) is 2. The van der Waals surface area contributed by atoms with E-state index in [4.69, 9.17) is 5.73 Å². The van der Waals surface area contributed by atoms with Gasteiger partial charge in [-0.3, -0.25) is 9.59 Å². The Morgan fingerprint density at radius 2 is 1.84 bits per heavy atom. The van der Waals surface area contributed by atoms with Crippen molar-refractivity contribution in [1.82, 2.24) is 10.2 Å². The number of benzene rings is 1. The fourth-order valence-corrected chi connectivity index (χ4v) is 3.59. The minimum absolute atomic E-state index is 0.000879. The third-order valence-corrected chi connectivity index (χ3v) is 4.92. The van der Waals surface area contributed by atoms with E-state index in [1.165, 1.54) is 0 Å². The van der Waals surface area contributed by atoms with Crippen molar-refractivity contribution in [3.05, 3.63) is 35.4 Å². The molecule has 0 spiro atoms. The first-order valence-corrected chi connectivity index (χ1v) is 9.50. The first kappa shape index (κ1) is 19.4. The van der Waals surface area contributed by atoms with Crippen molar-refractivity contribution < 1.29 is 9.59 Å². The Morgan fingerprint density at radius 1 is 1.16 bits per heavy atom. The molecule has 0 saturated heterocycles. The molecular weight excluding hydrogens is 314 g/mol. The highest BCUT2D eigenvalue weighted by atomic mass is 16.2. The molecule has 1 aliphatic carbocycles. The zero-order valence-electron chi connectivity index (χ0n) is 15.5. The van der Waals surface area contributed by atoms with Gasteiger partial charge in [0.25, 0.3) is 11.8 Å². The molecule has 1 fully saturated rings. The van der Waals surface area contributed by atoms with Crippen LogP contribution in [0.25, 0.3) is 0 Å². The van der Waals surface area contributed by atoms with Crippen LogP contribution in [0, 0.1) is 5.92 Å². The van der Waals surface area contributed by atoms with Gasteiger partial charge in [-0.05, 0) is 56.3 Å². The van der Waals surface area contributed by atoms with E-state index in [0.717, 1.165) is 45.2 Å². The molecule has 3 N–H and O–H groups in total. The standard InChI is InChI=1S/C20H31N3O2/c1-3-11-23(12-4-2)20(25)16-8-5-7-15(13-16)19(24)22-18-10-6-9-17(18)14-21/h5,7-8,13,17-18H,3-4,6,9-12,14,21H2,1-2H3,(H,22,24). The Bertz CT molecular complexity index is 582. The highest BCUT2D eigenvalue weighted by Gasteiger charge is 2.27. The van der Waals surface area contributed by atoms with Crippen molar-refractivity contribution in [2.45, 2.75) is 52.0 Å². The lowest BCUT2D eigenvalue weighted by atomic mass is 10.0. The second kappa shape index (κ2) is 9.56. The molecule has 0 radical (unpaired) electrons. The Kier molecular flexibility index (Phi) is 7.44. The molecule has 5 nitrogen and oxygen atoms in total. The number of carbonyl (C=O) groups excluding carboxylic acids is 2. The second-order valence-electron chi connectivity index (χ2n) is 6.88. The van der Waals surface area contributed by atoms with Crippen LogP contribution < -0.4 is 11.1 Å². The van der Waals surface area contributed by atoms with Gasteiger partial charge in [-0.1, -0.05) is 26.3 Å². The van der Waals surface area contributed by atoms with Crippen molar-refractivity contribution in [3.8, 4) is 0 Å². The minimum Gasteiger partial charge on any atom is -0.349 e. The topological polar surface area (TPSA) is 75.4 Å². The van der Waals surface area contributed by atoms with Crippen LogP contribution in [0.3, 0.4) is 0 Å². The first-order chi connectivity index (χ1) is 12.1. The van der Waals surface area contributed by atoms with Gasteiger partial charge >= 0.3 is 0 Å². The number of hydrogen-bond acceptors (Lipinski definition) is 3. The summed E-state index contributed by atoms with van der Waals surface area (Å²) in [5.74, 6) is 0.245. The smallest absolute Gasteiger partial charge is 0.253 e. The quantitative estimate of drug-likeness (QED) is 0.761. The van der Waals surface area contributed by atoms with Crippen LogP contribution in [-0.2, 0) is 0 Å². The van der Waals surface area contributed by atoms with Gasteiger partial charge in [0.05, 0.1) is 0 Å². The molecule has 0 aliphatic heterocycles. The lowest BCUT2D eigenvalue weighted by molar-refractivity contribution is 0.0755. The molecule has 25 heavy (non-hydrogen) atoms. The molecule has 0 bridgehead atoms. The number of rotatable bonds is 8. The van der Waals surface area contributed by atoms with E-state index in [1.54, 1.807) is 24.3 Å². The van der Waals surface area contributed by atoms with Crippen molar-refractivity contribution >= 4 is 11.8 Å². The Hall–Kier alpha value is -1.88. The van der Waals surface area contributed by atoms with Gasteiger partial charge in [0, 0.05) is 30.3 Å². The van der Waals surface area contributed by atoms with Gasteiger partial charge in [-0.2, -0.15) is 0 Å². The molecular formula is C20H31N3O2. The predicted octanol–water partition coefficient (Wildman–Crippen LogP) is 2.81. The third-order valence-electron chi connectivity index (χ3n) is 4.92. The largest absolute Gasteiger partial charge is 0.349 e. The van der Waals surface area contributed by atoms with E-state index in [-0.39, 0.29) is 17.9 Å². The van der Waals surface area contributed by atoms with Crippen LogP contribution in [0.15, 0.2) is 24.3 Å². The zero-order valence-corrected chi connectivity index (χ0v) is 15.5. The zero-order chi connectivity index (χ0) is 18.2. The number of nitrogens with two attached hydrogens (primary N) is 1. The van der Waals surface area contributed by atoms with Gasteiger partial charge < -0.3 is 16.0 Å². The SMILES string of the molecule is CCCN(CCC)C(=O)c1cccc(C(=O)NC2CCCC2CN)c1. The van der Waals surface area contributed by atoms with E-state index in [2.05, 4.69) is 19.2 Å². The molecule has 0 aromatic heterocycles. The summed E-state index contributed by atoms with van der Waals surface area (Å²) in [5, 5.41) is 3.10. The maximum absolute atomic E-state index is 12.7. The fraction of sp³-hybridized carbons (Fsp3) is 0.600. The van der Waals surface area contributed by atoms with E-state index < -0.39 is 0 Å². The molecule has 1 aromatic carbocycles. The number of amides is 2. The Labute approximate surface area is 151 Å². The van der Waals surface area contributed by atoms with Crippen LogP contribution in [-0.4, -0.2) is 42.4 Å². The van der Waals surface area contributed by atoms with Crippen molar-refractivity contribution in [2.24, 2.45) is 11.7 Å². The third kappa shape index (κ3) is 5.05. The normalized spacial score (nSPS) is 19.6. The lowest BCUT2D eigenvalue weighted by Gasteiger charge is -2.22. The monoisotopic (exact) mass is 345 g/mol. The number of nitrogens with one attached hydrogen (secondary N) is 1. The van der Waals surface area contributed by atoms with Crippen LogP contribution in [0.2, 0.25) is 0 Å². The van der Waals surface area contributed by atoms with Gasteiger partial charge in [0.1, 0.15) is 0 Å². The van der Waals surface area contributed by atoms with Crippen molar-refractivity contribution in [2.75, 3.05) is 19.6 Å². The summed E-state index contributed by atoms with van der Waals surface area (Å²) in [6.07, 6.45) is 5.01. The van der Waals surface area contributed by atoms with E-state index in [9.17, 15) is 9.59 Å². The van der Waals surface area contributed by atoms with Gasteiger partial charge in [0.2, 0.25) is 0 Å². The Morgan fingerprint density at radius 3 is 2.48 bits per heavy atom. The van der Waals surface area contributed by atoms with Gasteiger partial charge in [-0.15, -0.1) is 0 Å². The highest BCUT2D eigenvalue weighted by Crippen LogP contribution is 2.25. The summed E-state index contributed by atoms with van der Waals surface area (Å²) in [4.78, 5) is 27.2. The molecule has 138 valence electrons. The van der Waals surface area contributed by atoms with Crippen LogP contribution in [0.5, 0.6) is 0 Å². The molecule has 1 aromatic rings. The molecule has 0 heterocycles. The molecule has 2 rings (SSSR count). The second-order valence-corrected chi connectivity index (χ2v) is 6.88. The van der Waals surface area contributed by atoms with Gasteiger partial charge in [-0.25, -0.2) is 0 Å². The van der Waals surface area contributed by atoms with Crippen molar-refractivity contribution in [3.63, 3.8) is 0 Å². The summed E-state index contributed by atoms with van der Waals surface area (Å²) < 4.78 is 0. The Balaban J connectivity index is 2.09. The molecule has 1 saturated carbocycles. The first-order valence-electron chi connectivity index (χ1n) is 9.50. The van der Waals surface area contributed by atoms with Crippen LogP contribution in [0.1, 0.15) is 66.7 Å². The van der Waals surface area contributed by atoms with Crippen LogP contribution >= 0.6 is 0 Å². The highest BCUT2D eigenvalue weighted by molar-refractivity contribution is 5.99.